The summed E-state index contributed by atoms with van der Waals surface area (Å²) in [5.41, 5.74) is 23.4. The van der Waals surface area contributed by atoms with E-state index in [1.807, 2.05) is 0 Å². The van der Waals surface area contributed by atoms with E-state index in [9.17, 15) is 0 Å². The van der Waals surface area contributed by atoms with Crippen molar-refractivity contribution in [3.63, 3.8) is 0 Å². The first-order chi connectivity index (χ1) is 37.2. The highest BCUT2D eigenvalue weighted by Gasteiger charge is 2.46. The number of aromatic nitrogens is 1. The molecule has 0 fully saturated rings. The lowest BCUT2D eigenvalue weighted by molar-refractivity contribution is 0.768. The Bertz CT molecular complexity index is 4160. The molecule has 0 unspecified atom stereocenters. The third-order valence-electron chi connectivity index (χ3n) is 15.5. The van der Waals surface area contributed by atoms with Crippen LogP contribution in [0.4, 0.5) is 17.1 Å². The number of nitrogens with zero attached hydrogens (tertiary/aromatic N) is 2. The molecule has 0 N–H and O–H groups in total. The van der Waals surface area contributed by atoms with Crippen LogP contribution in [0.2, 0.25) is 0 Å². The Balaban J connectivity index is 0.870. The maximum atomic E-state index is 2.47. The van der Waals surface area contributed by atoms with Crippen molar-refractivity contribution >= 4 is 38.9 Å². The molecule has 0 saturated heterocycles. The first kappa shape index (κ1) is 44.0. The van der Waals surface area contributed by atoms with E-state index in [4.69, 9.17) is 0 Å². The molecule has 1 aliphatic carbocycles. The molecular weight excluding hydrogens is 905 g/mol. The molecule has 0 radical (unpaired) electrons. The highest BCUT2D eigenvalue weighted by molar-refractivity contribution is 6.10. The number of hydrogen-bond acceptors (Lipinski definition) is 1. The second-order valence-electron chi connectivity index (χ2n) is 19.6. The zero-order valence-electron chi connectivity index (χ0n) is 41.3. The predicted octanol–water partition coefficient (Wildman–Crippen LogP) is 19.3. The Labute approximate surface area is 438 Å². The van der Waals surface area contributed by atoms with Gasteiger partial charge in [-0.3, -0.25) is 0 Å². The third-order valence-corrected chi connectivity index (χ3v) is 15.5. The first-order valence-electron chi connectivity index (χ1n) is 25.9. The van der Waals surface area contributed by atoms with E-state index in [1.54, 1.807) is 0 Å². The average Bonchev–Trinajstić information content (AvgIpc) is 4.07. The maximum Gasteiger partial charge on any atom is 0.0713 e. The van der Waals surface area contributed by atoms with Crippen molar-refractivity contribution in [3.05, 3.63) is 326 Å². The minimum atomic E-state index is -0.451. The molecule has 75 heavy (non-hydrogen) atoms. The van der Waals surface area contributed by atoms with Gasteiger partial charge in [0.05, 0.1) is 22.1 Å². The molecule has 1 heterocycles. The third kappa shape index (κ3) is 7.33. The standard InChI is InChI=1S/C73H50N2/c1-6-22-52(23-7-1)61-46-43-59(49-66(61)53-24-8-2-9-25-53)74(58-30-14-5-15-31-58)70-36-20-17-32-62(70)54-40-38-51(39-41-54)55-42-45-65-64-34-18-21-37-71(64)75(72(65)48-55)60-44-47-69-67(50-60)63-33-16-19-35-68(63)73(69,56-26-10-3-11-27-56)57-28-12-4-13-29-57/h1-50H. The monoisotopic (exact) mass is 954 g/mol. The molecule has 0 aliphatic heterocycles. The lowest BCUT2D eigenvalue weighted by Crippen LogP contribution is -2.28. The summed E-state index contributed by atoms with van der Waals surface area (Å²) in [5.74, 6) is 0. The molecule has 14 rings (SSSR count). The Morgan fingerprint density at radius 2 is 0.787 bits per heavy atom. The molecule has 0 atom stereocenters. The van der Waals surface area contributed by atoms with Gasteiger partial charge in [-0.25, -0.2) is 0 Å². The number of benzene rings is 12. The van der Waals surface area contributed by atoms with E-state index >= 15 is 0 Å². The summed E-state index contributed by atoms with van der Waals surface area (Å²) in [7, 11) is 0. The van der Waals surface area contributed by atoms with Crippen LogP contribution < -0.4 is 4.90 Å². The molecule has 2 heteroatoms. The molecule has 0 saturated carbocycles. The zero-order chi connectivity index (χ0) is 49.7. The van der Waals surface area contributed by atoms with Gasteiger partial charge in [-0.05, 0) is 127 Å². The summed E-state index contributed by atoms with van der Waals surface area (Å²) in [6.07, 6.45) is 0. The van der Waals surface area contributed by atoms with Crippen LogP contribution in [0.25, 0.3) is 83.1 Å². The van der Waals surface area contributed by atoms with Crippen LogP contribution in [0.3, 0.4) is 0 Å². The van der Waals surface area contributed by atoms with Gasteiger partial charge in [0.2, 0.25) is 0 Å². The van der Waals surface area contributed by atoms with Crippen molar-refractivity contribution in [2.24, 2.45) is 0 Å². The molecule has 12 aromatic carbocycles. The molecule has 0 bridgehead atoms. The van der Waals surface area contributed by atoms with Crippen LogP contribution >= 0.6 is 0 Å². The quantitative estimate of drug-likeness (QED) is 0.133. The molecule has 13 aromatic rings. The highest BCUT2D eigenvalue weighted by atomic mass is 15.1. The van der Waals surface area contributed by atoms with Crippen molar-refractivity contribution in [1.29, 1.82) is 0 Å². The van der Waals surface area contributed by atoms with Crippen LogP contribution in [0.15, 0.2) is 303 Å². The molecule has 1 aliphatic rings. The summed E-state index contributed by atoms with van der Waals surface area (Å²) in [6, 6.07) is 111. The van der Waals surface area contributed by atoms with E-state index in [-0.39, 0.29) is 0 Å². The fourth-order valence-corrected chi connectivity index (χ4v) is 12.2. The summed E-state index contributed by atoms with van der Waals surface area (Å²) in [4.78, 5) is 2.40. The lowest BCUT2D eigenvalue weighted by Gasteiger charge is -2.33. The van der Waals surface area contributed by atoms with Crippen LogP contribution in [0.1, 0.15) is 22.3 Å². The van der Waals surface area contributed by atoms with Gasteiger partial charge in [0, 0.05) is 33.4 Å². The fraction of sp³-hybridized carbons (Fsp3) is 0.0137. The maximum absolute atomic E-state index is 2.47. The minimum absolute atomic E-state index is 0.451. The van der Waals surface area contributed by atoms with Gasteiger partial charge < -0.3 is 9.47 Å². The lowest BCUT2D eigenvalue weighted by atomic mass is 9.68. The molecule has 2 nitrogen and oxygen atoms in total. The van der Waals surface area contributed by atoms with Crippen LogP contribution in [0.5, 0.6) is 0 Å². The van der Waals surface area contributed by atoms with Crippen molar-refractivity contribution in [2.45, 2.75) is 5.41 Å². The second-order valence-corrected chi connectivity index (χ2v) is 19.6. The predicted molar refractivity (Wildman–Crippen MR) is 315 cm³/mol. The highest BCUT2D eigenvalue weighted by Crippen LogP contribution is 2.57. The molecule has 0 amide bonds. The molecule has 0 spiro atoms. The topological polar surface area (TPSA) is 8.17 Å². The van der Waals surface area contributed by atoms with Gasteiger partial charge in [-0.2, -0.15) is 0 Å². The van der Waals surface area contributed by atoms with Crippen molar-refractivity contribution in [1.82, 2.24) is 4.57 Å². The zero-order valence-corrected chi connectivity index (χ0v) is 41.3. The molecule has 1 aromatic heterocycles. The number of anilines is 3. The SMILES string of the molecule is c1ccc(-c2ccc(N(c3ccccc3)c3ccccc3-c3ccc(-c4ccc5c6ccccc6n(-c6ccc7c(c6)-c6ccccc6C7(c6ccccc6)c6ccccc6)c5c4)cc3)cc2-c2ccccc2)cc1. The Hall–Kier alpha value is -9.76. The van der Waals surface area contributed by atoms with Crippen LogP contribution in [0, 0.1) is 0 Å². The average molecular weight is 955 g/mol. The first-order valence-corrected chi connectivity index (χ1v) is 25.9. The van der Waals surface area contributed by atoms with Gasteiger partial charge in [-0.15, -0.1) is 0 Å². The largest absolute Gasteiger partial charge is 0.310 e. The minimum Gasteiger partial charge on any atom is -0.310 e. The van der Waals surface area contributed by atoms with Crippen molar-refractivity contribution < 1.29 is 0 Å². The smallest absolute Gasteiger partial charge is 0.0713 e. The number of fused-ring (bicyclic) bond motifs is 6. The number of para-hydroxylation sites is 3. The van der Waals surface area contributed by atoms with Crippen LogP contribution in [-0.2, 0) is 5.41 Å². The van der Waals surface area contributed by atoms with E-state index in [0.29, 0.717) is 0 Å². The van der Waals surface area contributed by atoms with E-state index in [0.717, 1.165) is 39.4 Å². The number of hydrogen-bond donors (Lipinski definition) is 0. The molecular formula is C73H50N2. The van der Waals surface area contributed by atoms with Gasteiger partial charge in [-0.1, -0.05) is 249 Å². The fourth-order valence-electron chi connectivity index (χ4n) is 12.2. The van der Waals surface area contributed by atoms with Gasteiger partial charge in [0.1, 0.15) is 0 Å². The summed E-state index contributed by atoms with van der Waals surface area (Å²) < 4.78 is 2.47. The van der Waals surface area contributed by atoms with Crippen molar-refractivity contribution in [2.75, 3.05) is 4.90 Å². The number of rotatable bonds is 10. The normalized spacial score (nSPS) is 12.4. The Morgan fingerprint density at radius 1 is 0.267 bits per heavy atom. The van der Waals surface area contributed by atoms with Crippen LogP contribution in [-0.4, -0.2) is 4.57 Å². The van der Waals surface area contributed by atoms with Crippen molar-refractivity contribution in [3.8, 4) is 61.3 Å². The van der Waals surface area contributed by atoms with E-state index in [2.05, 4.69) is 313 Å². The van der Waals surface area contributed by atoms with Gasteiger partial charge in [0.15, 0.2) is 0 Å². The second kappa shape index (κ2) is 18.4. The summed E-state index contributed by atoms with van der Waals surface area (Å²) >= 11 is 0. The van der Waals surface area contributed by atoms with Gasteiger partial charge in [0.25, 0.3) is 0 Å². The summed E-state index contributed by atoms with van der Waals surface area (Å²) in [5, 5.41) is 2.47. The Morgan fingerprint density at radius 3 is 1.49 bits per heavy atom. The Kier molecular flexibility index (Phi) is 10.8. The van der Waals surface area contributed by atoms with E-state index < -0.39 is 5.41 Å². The summed E-state index contributed by atoms with van der Waals surface area (Å²) in [6.45, 7) is 0. The van der Waals surface area contributed by atoms with E-state index in [1.165, 1.54) is 83.0 Å². The molecule has 352 valence electrons. The van der Waals surface area contributed by atoms with Gasteiger partial charge >= 0.3 is 0 Å².